The lowest BCUT2D eigenvalue weighted by Crippen LogP contribution is -2.58. The van der Waals surface area contributed by atoms with Crippen molar-refractivity contribution in [3.05, 3.63) is 0 Å². The average Bonchev–Trinajstić information content (AvgIpc) is 2.60. The van der Waals surface area contributed by atoms with Gasteiger partial charge in [-0.25, -0.2) is 0 Å². The number of rotatable bonds is 2. The second-order valence-electron chi connectivity index (χ2n) is 8.58. The third-order valence-electron chi connectivity index (χ3n) is 5.85. The first-order valence-corrected chi connectivity index (χ1v) is 9.82. The third-order valence-corrected chi connectivity index (χ3v) is 7.08. The summed E-state index contributed by atoms with van der Waals surface area (Å²) in [4.78, 5) is 2.77. The van der Waals surface area contributed by atoms with E-state index in [1.807, 2.05) is 0 Å². The van der Waals surface area contributed by atoms with Gasteiger partial charge in [-0.05, 0) is 37.0 Å². The highest BCUT2D eigenvalue weighted by Crippen LogP contribution is 2.43. The maximum atomic E-state index is 6.34. The minimum atomic E-state index is 0.281. The van der Waals surface area contributed by atoms with E-state index in [0.29, 0.717) is 5.41 Å². The van der Waals surface area contributed by atoms with E-state index >= 15 is 0 Å². The molecular weight excluding hydrogens is 276 g/mol. The molecule has 0 aromatic heterocycles. The number of hydrogen-bond acceptors (Lipinski definition) is 3. The van der Waals surface area contributed by atoms with Crippen LogP contribution in [0.2, 0.25) is 0 Å². The molecule has 2 fully saturated rings. The molecule has 1 aliphatic carbocycles. The molecule has 0 amide bonds. The predicted molar refractivity (Wildman–Crippen MR) is 95.9 cm³/mol. The first-order valence-electron chi connectivity index (χ1n) is 8.87. The van der Waals surface area contributed by atoms with Crippen molar-refractivity contribution in [2.24, 2.45) is 17.1 Å². The van der Waals surface area contributed by atoms with Crippen LogP contribution in [0.1, 0.15) is 66.7 Å². The van der Waals surface area contributed by atoms with Crippen LogP contribution in [0.3, 0.4) is 0 Å². The monoisotopic (exact) mass is 312 g/mol. The van der Waals surface area contributed by atoms with Gasteiger partial charge in [0.15, 0.2) is 0 Å². The smallest absolute Gasteiger partial charge is 0.0332 e. The molecule has 1 saturated carbocycles. The molecule has 3 heteroatoms. The Hall–Kier alpha value is 0.270. The molecule has 21 heavy (non-hydrogen) atoms. The quantitative estimate of drug-likeness (QED) is 0.777. The Kier molecular flexibility index (Phi) is 5.71. The summed E-state index contributed by atoms with van der Waals surface area (Å²) >= 11 is 2.15. The van der Waals surface area contributed by atoms with E-state index in [0.717, 1.165) is 23.0 Å². The molecule has 124 valence electrons. The zero-order valence-electron chi connectivity index (χ0n) is 14.8. The van der Waals surface area contributed by atoms with E-state index in [9.17, 15) is 0 Å². The molecular formula is C18H36N2S. The molecule has 0 aromatic rings. The summed E-state index contributed by atoms with van der Waals surface area (Å²) in [6.45, 7) is 15.3. The molecule has 0 radical (unpaired) electrons. The molecule has 1 heterocycles. The SMILES string of the molecule is CC1CN(C2(CN)CCCC(C(C)(C)C)CC2)CC(C)S1. The summed E-state index contributed by atoms with van der Waals surface area (Å²) in [7, 11) is 0. The van der Waals surface area contributed by atoms with E-state index in [1.165, 1.54) is 45.2 Å². The zero-order chi connectivity index (χ0) is 15.7. The van der Waals surface area contributed by atoms with E-state index in [-0.39, 0.29) is 5.54 Å². The van der Waals surface area contributed by atoms with Crippen molar-refractivity contribution in [2.75, 3.05) is 19.6 Å². The van der Waals surface area contributed by atoms with Crippen LogP contribution in [0, 0.1) is 11.3 Å². The predicted octanol–water partition coefficient (Wildman–Crippen LogP) is 4.14. The molecule has 0 bridgehead atoms. The van der Waals surface area contributed by atoms with Gasteiger partial charge in [-0.2, -0.15) is 11.8 Å². The maximum Gasteiger partial charge on any atom is 0.0332 e. The van der Waals surface area contributed by atoms with Gasteiger partial charge in [0.2, 0.25) is 0 Å². The Balaban J connectivity index is 2.10. The van der Waals surface area contributed by atoms with Crippen molar-refractivity contribution in [2.45, 2.75) is 82.8 Å². The summed E-state index contributed by atoms with van der Waals surface area (Å²) in [6, 6.07) is 0. The number of nitrogens with zero attached hydrogens (tertiary/aromatic N) is 1. The third kappa shape index (κ3) is 4.17. The first-order chi connectivity index (χ1) is 9.77. The Morgan fingerprint density at radius 2 is 1.71 bits per heavy atom. The Morgan fingerprint density at radius 3 is 2.24 bits per heavy atom. The van der Waals surface area contributed by atoms with Crippen LogP contribution in [-0.2, 0) is 0 Å². The van der Waals surface area contributed by atoms with Crippen LogP contribution in [0.15, 0.2) is 0 Å². The minimum absolute atomic E-state index is 0.281. The van der Waals surface area contributed by atoms with Gasteiger partial charge < -0.3 is 5.73 Å². The largest absolute Gasteiger partial charge is 0.329 e. The summed E-state index contributed by atoms with van der Waals surface area (Å²) < 4.78 is 0. The minimum Gasteiger partial charge on any atom is -0.329 e. The molecule has 2 rings (SSSR count). The van der Waals surface area contributed by atoms with Crippen LogP contribution in [-0.4, -0.2) is 40.6 Å². The fourth-order valence-corrected chi connectivity index (χ4v) is 5.80. The highest BCUT2D eigenvalue weighted by molar-refractivity contribution is 8.00. The molecule has 2 nitrogen and oxygen atoms in total. The highest BCUT2D eigenvalue weighted by atomic mass is 32.2. The normalized spacial score (nSPS) is 40.0. The number of thioether (sulfide) groups is 1. The van der Waals surface area contributed by atoms with E-state index in [2.05, 4.69) is 51.3 Å². The van der Waals surface area contributed by atoms with Gasteiger partial charge in [0, 0.05) is 35.7 Å². The lowest BCUT2D eigenvalue weighted by molar-refractivity contribution is 0.0728. The van der Waals surface area contributed by atoms with Gasteiger partial charge in [-0.1, -0.05) is 41.0 Å². The van der Waals surface area contributed by atoms with Crippen LogP contribution in [0.5, 0.6) is 0 Å². The van der Waals surface area contributed by atoms with E-state index < -0.39 is 0 Å². The van der Waals surface area contributed by atoms with Crippen molar-refractivity contribution in [1.29, 1.82) is 0 Å². The standard InChI is InChI=1S/C18H36N2S/c1-14-11-20(12-15(2)21-14)18(13-19)9-6-7-16(8-10-18)17(3,4)5/h14-16H,6-13,19H2,1-5H3. The fraction of sp³-hybridized carbons (Fsp3) is 1.00. The Bertz CT molecular complexity index is 329. The van der Waals surface area contributed by atoms with Crippen LogP contribution >= 0.6 is 11.8 Å². The van der Waals surface area contributed by atoms with Crippen LogP contribution in [0.4, 0.5) is 0 Å². The van der Waals surface area contributed by atoms with Crippen LogP contribution < -0.4 is 5.73 Å². The van der Waals surface area contributed by atoms with Crippen molar-refractivity contribution in [1.82, 2.24) is 4.90 Å². The molecule has 4 unspecified atom stereocenters. The van der Waals surface area contributed by atoms with Gasteiger partial charge in [-0.15, -0.1) is 0 Å². The summed E-state index contributed by atoms with van der Waals surface area (Å²) in [5.41, 5.74) is 7.06. The van der Waals surface area contributed by atoms with Crippen molar-refractivity contribution >= 4 is 11.8 Å². The lowest BCUT2D eigenvalue weighted by Gasteiger charge is -2.48. The molecule has 0 aromatic carbocycles. The first kappa shape index (κ1) is 17.6. The summed E-state index contributed by atoms with van der Waals surface area (Å²) in [5.74, 6) is 0.861. The maximum absolute atomic E-state index is 6.34. The van der Waals surface area contributed by atoms with E-state index in [1.54, 1.807) is 0 Å². The van der Waals surface area contributed by atoms with Crippen LogP contribution in [0.25, 0.3) is 0 Å². The summed E-state index contributed by atoms with van der Waals surface area (Å²) in [5, 5.41) is 1.50. The van der Waals surface area contributed by atoms with Gasteiger partial charge in [0.25, 0.3) is 0 Å². The molecule has 4 atom stereocenters. The Labute approximate surface area is 136 Å². The van der Waals surface area contributed by atoms with Crippen molar-refractivity contribution in [3.8, 4) is 0 Å². The molecule has 2 aliphatic rings. The highest BCUT2D eigenvalue weighted by Gasteiger charge is 2.41. The number of hydrogen-bond donors (Lipinski definition) is 1. The lowest BCUT2D eigenvalue weighted by atomic mass is 9.76. The topological polar surface area (TPSA) is 29.3 Å². The Morgan fingerprint density at radius 1 is 1.10 bits per heavy atom. The molecule has 2 N–H and O–H groups in total. The van der Waals surface area contributed by atoms with Gasteiger partial charge >= 0.3 is 0 Å². The second-order valence-corrected chi connectivity index (χ2v) is 10.5. The van der Waals surface area contributed by atoms with Gasteiger partial charge in [-0.3, -0.25) is 4.90 Å². The second kappa shape index (κ2) is 6.80. The summed E-state index contributed by atoms with van der Waals surface area (Å²) in [6.07, 6.45) is 6.70. The number of nitrogens with two attached hydrogens (primary N) is 1. The molecule has 1 saturated heterocycles. The van der Waals surface area contributed by atoms with Crippen molar-refractivity contribution in [3.63, 3.8) is 0 Å². The average molecular weight is 313 g/mol. The zero-order valence-corrected chi connectivity index (χ0v) is 15.6. The molecule has 1 aliphatic heterocycles. The van der Waals surface area contributed by atoms with E-state index in [4.69, 9.17) is 5.73 Å². The fourth-order valence-electron chi connectivity index (χ4n) is 4.47. The van der Waals surface area contributed by atoms with Gasteiger partial charge in [0.05, 0.1) is 0 Å². The van der Waals surface area contributed by atoms with Gasteiger partial charge in [0.1, 0.15) is 0 Å². The van der Waals surface area contributed by atoms with Crippen molar-refractivity contribution < 1.29 is 0 Å². The molecule has 0 spiro atoms.